The molecule has 2 radical (unpaired) electrons. The average Bonchev–Trinajstić information content (AvgIpc) is 3.26. The van der Waals surface area contributed by atoms with Crippen LogP contribution in [0.25, 0.3) is 0 Å². The third-order valence-corrected chi connectivity index (χ3v) is 31.3. The van der Waals surface area contributed by atoms with E-state index in [1.807, 2.05) is 146 Å². The van der Waals surface area contributed by atoms with Gasteiger partial charge in [-0.25, -0.2) is 16.8 Å². The maximum atomic E-state index is 10.7. The van der Waals surface area contributed by atoms with Crippen molar-refractivity contribution < 1.29 is 91.2 Å². The summed E-state index contributed by atoms with van der Waals surface area (Å²) in [4.78, 5) is 0. The van der Waals surface area contributed by atoms with E-state index in [9.17, 15) is 26.3 Å². The molecular weight excluding hydrogens is 1350 g/mol. The minimum Gasteiger partial charge on any atom is -0.741 e. The summed E-state index contributed by atoms with van der Waals surface area (Å²) in [7, 11) is -13.6. The fourth-order valence-electron chi connectivity index (χ4n) is 9.54. The fourth-order valence-corrected chi connectivity index (χ4v) is 28.5. The Morgan fingerprint density at radius 1 is 0.244 bits per heavy atom. The summed E-state index contributed by atoms with van der Waals surface area (Å²) in [5.74, 6) is 0. The predicted octanol–water partition coefficient (Wildman–Crippen LogP) is 20.1. The Bertz CT molecular complexity index is 1900. The number of rotatable bonds is 6. The molecule has 0 unspecified atom stereocenters. The first-order chi connectivity index (χ1) is 35.4. The van der Waals surface area contributed by atoms with Crippen LogP contribution in [-0.4, -0.2) is 103 Å². The van der Waals surface area contributed by atoms with Crippen molar-refractivity contribution in [1.29, 1.82) is 0 Å². The minimum atomic E-state index is -6.09. The first-order valence-corrected chi connectivity index (χ1v) is 36.6. The third kappa shape index (κ3) is 49.3. The number of hydrogen-bond donors (Lipinski definition) is 0. The molecule has 0 saturated carbocycles. The van der Waals surface area contributed by atoms with Gasteiger partial charge in [-0.1, -0.05) is 146 Å². The predicted molar refractivity (Wildman–Crippen MR) is 348 cm³/mol. The van der Waals surface area contributed by atoms with E-state index in [4.69, 9.17) is 25.9 Å². The molecule has 4 rings (SSSR count). The smallest absolute Gasteiger partial charge is 0.485 e. The number of benzene rings is 4. The van der Waals surface area contributed by atoms with Crippen molar-refractivity contribution in [1.82, 2.24) is 0 Å². The average molecular weight is 1460 g/mol. The molecule has 20 heteroatoms. The molecule has 0 amide bonds. The van der Waals surface area contributed by atoms with Crippen molar-refractivity contribution in [2.75, 3.05) is 24.6 Å². The second-order valence-corrected chi connectivity index (χ2v) is 47.9. The van der Waals surface area contributed by atoms with E-state index in [1.165, 1.54) is 24.6 Å². The second kappa shape index (κ2) is 40.7. The second-order valence-electron chi connectivity index (χ2n) is 27.3. The maximum absolute atomic E-state index is 10.7. The summed E-state index contributed by atoms with van der Waals surface area (Å²) in [5.41, 5.74) is -11.3. The Hall–Kier alpha value is -0.753. The van der Waals surface area contributed by atoms with Gasteiger partial charge in [0.2, 0.25) is 0 Å². The van der Waals surface area contributed by atoms with Crippen LogP contribution in [0.5, 0.6) is 0 Å². The molecule has 4 aromatic rings. The van der Waals surface area contributed by atoms with Crippen LogP contribution in [-0.2, 0) is 59.2 Å². The maximum Gasteiger partial charge on any atom is 0.485 e. The number of halogens is 6. The van der Waals surface area contributed by atoms with Crippen LogP contribution in [0.3, 0.4) is 0 Å². The van der Waals surface area contributed by atoms with Crippen molar-refractivity contribution in [3.8, 4) is 0 Å². The van der Waals surface area contributed by atoms with Gasteiger partial charge in [0.15, 0.2) is 20.2 Å². The van der Waals surface area contributed by atoms with Crippen molar-refractivity contribution in [2.24, 2.45) is 0 Å². The summed E-state index contributed by atoms with van der Waals surface area (Å²) in [6.07, 6.45) is 5.95. The molecule has 0 atom stereocenters. The van der Waals surface area contributed by atoms with Gasteiger partial charge in [0, 0.05) is 70.6 Å². The topological polar surface area (TPSA) is 114 Å². The van der Waals surface area contributed by atoms with Crippen molar-refractivity contribution in [3.05, 3.63) is 146 Å². The van der Waals surface area contributed by atoms with Crippen LogP contribution >= 0.6 is 31.7 Å². The zero-order valence-corrected chi connectivity index (χ0v) is 62.8. The first-order valence-electron chi connectivity index (χ1n) is 27.0. The van der Waals surface area contributed by atoms with Gasteiger partial charge >= 0.3 is 11.0 Å². The van der Waals surface area contributed by atoms with Gasteiger partial charge < -0.3 is 9.11 Å². The molecule has 0 N–H and O–H groups in total. The third-order valence-electron chi connectivity index (χ3n) is 11.7. The molecule has 0 aliphatic rings. The van der Waals surface area contributed by atoms with E-state index in [0.29, 0.717) is 41.2 Å². The summed E-state index contributed by atoms with van der Waals surface area (Å²) < 4.78 is 118. The van der Waals surface area contributed by atoms with E-state index in [1.54, 1.807) is 0 Å². The number of hydrogen-bond acceptors (Lipinski definition) is 6. The van der Waals surface area contributed by atoms with Gasteiger partial charge in [-0.3, -0.25) is 0 Å². The van der Waals surface area contributed by atoms with Crippen LogP contribution in [0.15, 0.2) is 146 Å². The zero-order valence-electron chi connectivity index (χ0n) is 53.9. The Morgan fingerprint density at radius 3 is 0.341 bits per heavy atom. The summed E-state index contributed by atoms with van der Waals surface area (Å²) in [5, 5.41) is 4.04. The van der Waals surface area contributed by atoms with E-state index in [0.717, 1.165) is 0 Å². The quantitative estimate of drug-likeness (QED) is 0.0624. The Labute approximate surface area is 528 Å². The van der Waals surface area contributed by atoms with Gasteiger partial charge in [0.1, 0.15) is 0 Å². The molecule has 0 saturated heterocycles. The van der Waals surface area contributed by atoms with E-state index >= 15 is 0 Å². The molecule has 6 nitrogen and oxygen atoms in total. The first kappa shape index (κ1) is 92.4. The van der Waals surface area contributed by atoms with Crippen molar-refractivity contribution in [3.63, 3.8) is 0 Å². The van der Waals surface area contributed by atoms with Gasteiger partial charge in [-0.2, -0.15) is 26.3 Å². The van der Waals surface area contributed by atoms with Crippen LogP contribution < -0.4 is 0 Å². The molecular formula is C62H108F6O6P4Rh2S2+2. The van der Waals surface area contributed by atoms with Gasteiger partial charge in [-0.05, 0) is 166 Å². The number of alkyl halides is 6. The molecule has 82 heavy (non-hydrogen) atoms. The molecule has 0 bridgehead atoms. The molecule has 0 aliphatic carbocycles. The zero-order chi connectivity index (χ0) is 64.1. The van der Waals surface area contributed by atoms with E-state index < -0.39 is 31.3 Å². The van der Waals surface area contributed by atoms with E-state index in [-0.39, 0.29) is 70.6 Å². The fraction of sp³-hybridized carbons (Fsp3) is 0.613. The molecule has 0 aliphatic heterocycles. The summed E-state index contributed by atoms with van der Waals surface area (Å²) in [6.45, 7) is 59.2. The van der Waals surface area contributed by atoms with Crippen LogP contribution in [0.2, 0.25) is 0 Å². The molecule has 0 heterocycles. The SMILES string of the molecule is CC(C)(C)[PH+](CC[PH+](C(C)(C)C)C(C)(C)C)C(C)(C)C.CC(C)(C)[PH+](CC[PH+](C(C)(C)C)C(C)(C)C)C(C)(C)C.O=S(=O)([O-])C(F)(F)F.O=S(=O)([O-])C(F)(F)F.[Rh].[Rh].c1ccccc1.c1ccccc1.c1ccccc1.c1ccccc1. The van der Waals surface area contributed by atoms with Crippen molar-refractivity contribution >= 4 is 51.9 Å². The Balaban J connectivity index is -0.000000212. The normalized spacial score (nSPS) is 12.5. The van der Waals surface area contributed by atoms with Gasteiger partial charge in [0.25, 0.3) is 0 Å². The molecule has 482 valence electrons. The van der Waals surface area contributed by atoms with E-state index in [2.05, 4.69) is 166 Å². The minimum absolute atomic E-state index is 0. The van der Waals surface area contributed by atoms with Crippen LogP contribution in [0.1, 0.15) is 166 Å². The Morgan fingerprint density at radius 2 is 0.305 bits per heavy atom. The van der Waals surface area contributed by atoms with Crippen molar-refractivity contribution in [2.45, 2.75) is 218 Å². The molecule has 4 aromatic carbocycles. The molecule has 0 aromatic heterocycles. The van der Waals surface area contributed by atoms with Crippen LogP contribution in [0.4, 0.5) is 26.3 Å². The molecule has 0 fully saturated rings. The standard InChI is InChI=1S/2C18H40P2.4C6H6.2CHF3O3S.2Rh/c2*1-15(2,3)19(16(4,5)6)13-14-20(17(7,8)9)18(10,11)12;4*1-2-4-6-5-3-1;2*2-1(3,4)8(5,6)7;;/h2*13-14H2,1-12H3;4*1-6H;2*(H,5,6,7);;/p+2. The van der Waals surface area contributed by atoms with Gasteiger partial charge in [0.05, 0.1) is 65.9 Å². The van der Waals surface area contributed by atoms with Crippen LogP contribution in [0, 0.1) is 0 Å². The Kier molecular flexibility index (Phi) is 45.9. The summed E-state index contributed by atoms with van der Waals surface area (Å²) >= 11 is 0. The molecule has 0 spiro atoms. The monoisotopic (exact) mass is 1460 g/mol. The summed E-state index contributed by atoms with van der Waals surface area (Å²) in [6, 6.07) is 48.0. The van der Waals surface area contributed by atoms with Gasteiger partial charge in [-0.15, -0.1) is 0 Å². The largest absolute Gasteiger partial charge is 0.741 e.